The fraction of sp³-hybridized carbons (Fsp3) is 0.571. The Balaban J connectivity index is 1.86. The summed E-state index contributed by atoms with van der Waals surface area (Å²) in [5.74, 6) is 0.491. The van der Waals surface area contributed by atoms with Gasteiger partial charge < -0.3 is 25.8 Å². The van der Waals surface area contributed by atoms with Gasteiger partial charge in [0, 0.05) is 26.2 Å². The number of phenols is 1. The van der Waals surface area contributed by atoms with Crippen molar-refractivity contribution in [2.75, 3.05) is 45.6 Å². The van der Waals surface area contributed by atoms with Crippen LogP contribution < -0.4 is 15.8 Å². The summed E-state index contributed by atoms with van der Waals surface area (Å²) in [6.07, 6.45) is 2.04. The first-order chi connectivity index (χ1) is 9.20. The molecule has 5 heteroatoms. The molecule has 4 N–H and O–H groups in total. The highest BCUT2D eigenvalue weighted by atomic mass is 16.5. The van der Waals surface area contributed by atoms with Crippen LogP contribution in [0.2, 0.25) is 0 Å². The molecule has 5 nitrogen and oxygen atoms in total. The number of ether oxygens (including phenoxy) is 1. The van der Waals surface area contributed by atoms with Crippen LogP contribution in [0.4, 0.5) is 5.69 Å². The Morgan fingerprint density at radius 2 is 2.11 bits per heavy atom. The van der Waals surface area contributed by atoms with E-state index in [4.69, 9.17) is 10.5 Å². The first-order valence-corrected chi connectivity index (χ1v) is 6.79. The van der Waals surface area contributed by atoms with Crippen molar-refractivity contribution in [3.05, 3.63) is 17.7 Å². The summed E-state index contributed by atoms with van der Waals surface area (Å²) >= 11 is 0. The van der Waals surface area contributed by atoms with Gasteiger partial charge in [-0.3, -0.25) is 0 Å². The molecule has 1 heterocycles. The number of phenolic OH excluding ortho intramolecular Hbond substituents is 1. The smallest absolute Gasteiger partial charge is 0.181 e. The fourth-order valence-corrected chi connectivity index (χ4v) is 2.43. The lowest BCUT2D eigenvalue weighted by Crippen LogP contribution is -2.43. The topological polar surface area (TPSA) is 70.8 Å². The molecule has 0 spiro atoms. The Bertz CT molecular complexity index is 417. The van der Waals surface area contributed by atoms with Crippen LogP contribution in [0.25, 0.3) is 0 Å². The molecule has 0 aromatic heterocycles. The van der Waals surface area contributed by atoms with E-state index in [0.29, 0.717) is 11.4 Å². The van der Waals surface area contributed by atoms with E-state index in [1.54, 1.807) is 7.11 Å². The Kier molecular flexibility index (Phi) is 4.87. The van der Waals surface area contributed by atoms with E-state index >= 15 is 0 Å². The third-order valence-electron chi connectivity index (χ3n) is 3.53. The van der Waals surface area contributed by atoms with Crippen molar-refractivity contribution >= 4 is 5.69 Å². The SMILES string of the molecule is COc1cc(CCCN2CCNCC2)cc(N)c1O. The number of piperazine rings is 1. The third kappa shape index (κ3) is 3.75. The largest absolute Gasteiger partial charge is 0.503 e. The maximum atomic E-state index is 9.69. The predicted molar refractivity (Wildman–Crippen MR) is 76.7 cm³/mol. The van der Waals surface area contributed by atoms with Crippen LogP contribution in [0.3, 0.4) is 0 Å². The molecular formula is C14H23N3O2. The Morgan fingerprint density at radius 1 is 1.37 bits per heavy atom. The zero-order valence-electron chi connectivity index (χ0n) is 11.5. The Morgan fingerprint density at radius 3 is 2.79 bits per heavy atom. The van der Waals surface area contributed by atoms with Crippen LogP contribution >= 0.6 is 0 Å². The number of hydrogen-bond acceptors (Lipinski definition) is 5. The average Bonchev–Trinajstić information content (AvgIpc) is 2.43. The molecule has 0 unspecified atom stereocenters. The molecule has 1 aromatic rings. The summed E-state index contributed by atoms with van der Waals surface area (Å²) in [7, 11) is 1.54. The molecule has 0 bridgehead atoms. The lowest BCUT2D eigenvalue weighted by Gasteiger charge is -2.27. The van der Waals surface area contributed by atoms with E-state index in [-0.39, 0.29) is 5.75 Å². The van der Waals surface area contributed by atoms with E-state index in [0.717, 1.165) is 51.1 Å². The lowest BCUT2D eigenvalue weighted by molar-refractivity contribution is 0.238. The van der Waals surface area contributed by atoms with Gasteiger partial charge in [0.1, 0.15) is 0 Å². The number of methoxy groups -OCH3 is 1. The molecule has 19 heavy (non-hydrogen) atoms. The van der Waals surface area contributed by atoms with E-state index in [2.05, 4.69) is 10.2 Å². The normalized spacial score (nSPS) is 16.5. The monoisotopic (exact) mass is 265 g/mol. The minimum absolute atomic E-state index is 0.0355. The number of hydrogen-bond donors (Lipinski definition) is 3. The van der Waals surface area contributed by atoms with Crippen LogP contribution in [0.15, 0.2) is 12.1 Å². The van der Waals surface area contributed by atoms with Crippen LogP contribution in [0, 0.1) is 0 Å². The molecule has 0 amide bonds. The molecule has 1 saturated heterocycles. The van der Waals surface area contributed by atoms with Crippen LogP contribution in [-0.2, 0) is 6.42 Å². The molecule has 1 aromatic carbocycles. The van der Waals surface area contributed by atoms with Gasteiger partial charge in [-0.25, -0.2) is 0 Å². The number of nitrogen functional groups attached to an aromatic ring is 1. The van der Waals surface area contributed by atoms with Gasteiger partial charge in [-0.05, 0) is 37.1 Å². The van der Waals surface area contributed by atoms with E-state index in [1.807, 2.05) is 12.1 Å². The molecule has 1 aliphatic rings. The van der Waals surface area contributed by atoms with Crippen molar-refractivity contribution in [1.82, 2.24) is 10.2 Å². The van der Waals surface area contributed by atoms with Gasteiger partial charge in [-0.1, -0.05) is 0 Å². The van der Waals surface area contributed by atoms with Gasteiger partial charge in [0.2, 0.25) is 0 Å². The van der Waals surface area contributed by atoms with Gasteiger partial charge >= 0.3 is 0 Å². The molecule has 2 rings (SSSR count). The van der Waals surface area contributed by atoms with Crippen LogP contribution in [0.5, 0.6) is 11.5 Å². The minimum atomic E-state index is 0.0355. The number of nitrogens with two attached hydrogens (primary N) is 1. The molecule has 1 fully saturated rings. The van der Waals surface area contributed by atoms with Crippen molar-refractivity contribution in [2.24, 2.45) is 0 Å². The molecule has 0 aliphatic carbocycles. The molecular weight excluding hydrogens is 242 g/mol. The van der Waals surface area contributed by atoms with Crippen molar-refractivity contribution < 1.29 is 9.84 Å². The van der Waals surface area contributed by atoms with E-state index in [9.17, 15) is 5.11 Å². The van der Waals surface area contributed by atoms with Gasteiger partial charge in [0.25, 0.3) is 0 Å². The first kappa shape index (κ1) is 14.0. The molecule has 106 valence electrons. The Labute approximate surface area is 114 Å². The summed E-state index contributed by atoms with van der Waals surface area (Å²) in [5, 5.41) is 13.0. The minimum Gasteiger partial charge on any atom is -0.503 e. The summed E-state index contributed by atoms with van der Waals surface area (Å²) in [6, 6.07) is 3.69. The van der Waals surface area contributed by atoms with Gasteiger partial charge in [0.05, 0.1) is 12.8 Å². The summed E-state index contributed by atoms with van der Waals surface area (Å²) < 4.78 is 5.11. The maximum absolute atomic E-state index is 9.69. The van der Waals surface area contributed by atoms with Gasteiger partial charge in [-0.15, -0.1) is 0 Å². The summed E-state index contributed by atoms with van der Waals surface area (Å²) in [5.41, 5.74) is 7.26. The highest BCUT2D eigenvalue weighted by Crippen LogP contribution is 2.33. The molecule has 1 aliphatic heterocycles. The zero-order chi connectivity index (χ0) is 13.7. The Hall–Kier alpha value is -1.46. The maximum Gasteiger partial charge on any atom is 0.181 e. The highest BCUT2D eigenvalue weighted by Gasteiger charge is 2.10. The standard InChI is InChI=1S/C14H23N3O2/c1-19-13-10-11(9-12(15)14(13)18)3-2-6-17-7-4-16-5-8-17/h9-10,16,18H,2-8,15H2,1H3. The number of rotatable bonds is 5. The molecule has 0 saturated carbocycles. The highest BCUT2D eigenvalue weighted by molar-refractivity contribution is 5.61. The number of aromatic hydroxyl groups is 1. The summed E-state index contributed by atoms with van der Waals surface area (Å²) in [6.45, 7) is 5.52. The number of nitrogens with one attached hydrogen (secondary N) is 1. The van der Waals surface area contributed by atoms with Crippen LogP contribution in [-0.4, -0.2) is 49.8 Å². The van der Waals surface area contributed by atoms with Crippen molar-refractivity contribution in [1.29, 1.82) is 0 Å². The van der Waals surface area contributed by atoms with Crippen molar-refractivity contribution in [3.63, 3.8) is 0 Å². The van der Waals surface area contributed by atoms with Gasteiger partial charge in [0.15, 0.2) is 11.5 Å². The molecule has 0 atom stereocenters. The summed E-state index contributed by atoms with van der Waals surface area (Å²) in [4.78, 5) is 2.47. The number of nitrogens with zero attached hydrogens (tertiary/aromatic N) is 1. The lowest BCUT2D eigenvalue weighted by atomic mass is 10.1. The third-order valence-corrected chi connectivity index (χ3v) is 3.53. The average molecular weight is 265 g/mol. The first-order valence-electron chi connectivity index (χ1n) is 6.79. The van der Waals surface area contributed by atoms with Crippen molar-refractivity contribution in [3.8, 4) is 11.5 Å². The number of anilines is 1. The van der Waals surface area contributed by atoms with Crippen molar-refractivity contribution in [2.45, 2.75) is 12.8 Å². The second-order valence-electron chi connectivity index (χ2n) is 4.93. The van der Waals surface area contributed by atoms with E-state index in [1.165, 1.54) is 0 Å². The quantitative estimate of drug-likeness (QED) is 0.543. The predicted octanol–water partition coefficient (Wildman–Crippen LogP) is 0.821. The second-order valence-corrected chi connectivity index (χ2v) is 4.93. The molecule has 0 radical (unpaired) electrons. The van der Waals surface area contributed by atoms with E-state index < -0.39 is 0 Å². The fourth-order valence-electron chi connectivity index (χ4n) is 2.43. The van der Waals surface area contributed by atoms with Gasteiger partial charge in [-0.2, -0.15) is 0 Å². The second kappa shape index (κ2) is 6.63. The van der Waals surface area contributed by atoms with Crippen LogP contribution in [0.1, 0.15) is 12.0 Å². The number of benzene rings is 1. The zero-order valence-corrected chi connectivity index (χ0v) is 11.5. The number of aryl methyl sites for hydroxylation is 1.